The van der Waals surface area contributed by atoms with Crippen LogP contribution in [-0.4, -0.2) is 18.9 Å². The maximum absolute atomic E-state index is 11.5. The van der Waals surface area contributed by atoms with Gasteiger partial charge in [0.05, 0.1) is 7.11 Å². The summed E-state index contributed by atoms with van der Waals surface area (Å²) in [5, 5.41) is 0.534. The van der Waals surface area contributed by atoms with Crippen LogP contribution in [0.5, 0.6) is 0 Å². The van der Waals surface area contributed by atoms with E-state index >= 15 is 0 Å². The molecule has 0 N–H and O–H groups in total. The van der Waals surface area contributed by atoms with Crippen LogP contribution in [0.1, 0.15) is 15.9 Å². The average molecular weight is 257 g/mol. The Kier molecular flexibility index (Phi) is 3.83. The number of hydrogen-bond acceptors (Lipinski definition) is 3. The van der Waals surface area contributed by atoms with Crippen molar-refractivity contribution < 1.29 is 14.3 Å². The van der Waals surface area contributed by atoms with Gasteiger partial charge < -0.3 is 4.74 Å². The maximum Gasteiger partial charge on any atom is 0.379 e. The highest BCUT2D eigenvalue weighted by atomic mass is 79.9. The van der Waals surface area contributed by atoms with Crippen LogP contribution in [0.25, 0.3) is 0 Å². The van der Waals surface area contributed by atoms with Crippen molar-refractivity contribution in [3.8, 4) is 0 Å². The smallest absolute Gasteiger partial charge is 0.379 e. The summed E-state index contributed by atoms with van der Waals surface area (Å²) in [7, 11) is 1.19. The number of carbonyl (C=O) groups excluding carboxylic acids is 2. The fraction of sp³-hybridized carbons (Fsp3) is 0.200. The number of rotatable bonds is 3. The number of hydrogen-bond donors (Lipinski definition) is 0. The van der Waals surface area contributed by atoms with Crippen LogP contribution in [0.2, 0.25) is 0 Å². The number of carbonyl (C=O) groups is 2. The molecule has 0 amide bonds. The number of benzene rings is 1. The number of ketones is 1. The quantitative estimate of drug-likeness (QED) is 0.359. The molecule has 0 fully saturated rings. The molecule has 1 rings (SSSR count). The molecule has 1 aromatic carbocycles. The van der Waals surface area contributed by atoms with Gasteiger partial charge in [-0.3, -0.25) is 4.79 Å². The molecule has 0 aliphatic rings. The zero-order valence-corrected chi connectivity index (χ0v) is 9.21. The van der Waals surface area contributed by atoms with Crippen molar-refractivity contribution in [2.75, 3.05) is 7.11 Å². The van der Waals surface area contributed by atoms with E-state index in [1.165, 1.54) is 7.11 Å². The zero-order chi connectivity index (χ0) is 10.6. The molecule has 0 spiro atoms. The molecule has 14 heavy (non-hydrogen) atoms. The molecule has 1 aromatic rings. The van der Waals surface area contributed by atoms with Crippen LogP contribution in [0.4, 0.5) is 0 Å². The summed E-state index contributed by atoms with van der Waals surface area (Å²) in [6.07, 6.45) is 0. The number of ether oxygens (including phenoxy) is 1. The molecule has 74 valence electrons. The highest BCUT2D eigenvalue weighted by Gasteiger charge is 2.18. The Morgan fingerprint density at radius 1 is 1.36 bits per heavy atom. The second-order valence-electron chi connectivity index (χ2n) is 2.61. The maximum atomic E-state index is 11.5. The Morgan fingerprint density at radius 2 is 2.00 bits per heavy atom. The number of methoxy groups -OCH3 is 1. The zero-order valence-electron chi connectivity index (χ0n) is 7.62. The molecule has 0 radical (unpaired) electrons. The van der Waals surface area contributed by atoms with Crippen LogP contribution < -0.4 is 0 Å². The normalized spacial score (nSPS) is 9.57. The molecule has 0 heterocycles. The molecular weight excluding hydrogens is 248 g/mol. The van der Waals surface area contributed by atoms with E-state index in [2.05, 4.69) is 20.7 Å². The summed E-state index contributed by atoms with van der Waals surface area (Å²) < 4.78 is 4.36. The molecule has 0 saturated carbocycles. The van der Waals surface area contributed by atoms with Gasteiger partial charge in [0, 0.05) is 10.9 Å². The van der Waals surface area contributed by atoms with Gasteiger partial charge >= 0.3 is 5.97 Å². The molecule has 0 aliphatic carbocycles. The van der Waals surface area contributed by atoms with E-state index in [-0.39, 0.29) is 0 Å². The summed E-state index contributed by atoms with van der Waals surface area (Å²) in [5.41, 5.74) is 1.17. The summed E-state index contributed by atoms with van der Waals surface area (Å²) in [6, 6.07) is 6.91. The average Bonchev–Trinajstić information content (AvgIpc) is 2.26. The highest BCUT2D eigenvalue weighted by Crippen LogP contribution is 2.13. The van der Waals surface area contributed by atoms with Crippen molar-refractivity contribution in [1.82, 2.24) is 0 Å². The first-order valence-corrected chi connectivity index (χ1v) is 5.09. The van der Waals surface area contributed by atoms with Crippen LogP contribution in [0.3, 0.4) is 0 Å². The van der Waals surface area contributed by atoms with Crippen molar-refractivity contribution in [3.63, 3.8) is 0 Å². The number of halogens is 1. The summed E-state index contributed by atoms with van der Waals surface area (Å²) in [6.45, 7) is 0. The minimum atomic E-state index is -0.835. The van der Waals surface area contributed by atoms with E-state index in [0.717, 1.165) is 5.56 Å². The molecule has 0 aliphatic heterocycles. The molecule has 0 bridgehead atoms. The van der Waals surface area contributed by atoms with Crippen LogP contribution >= 0.6 is 15.9 Å². The summed E-state index contributed by atoms with van der Waals surface area (Å²) in [4.78, 5) is 22.5. The van der Waals surface area contributed by atoms with E-state index in [1.54, 1.807) is 18.2 Å². The first-order valence-electron chi connectivity index (χ1n) is 3.97. The molecule has 0 saturated heterocycles. The molecule has 0 unspecified atom stereocenters. The van der Waals surface area contributed by atoms with Gasteiger partial charge in [0.2, 0.25) is 0 Å². The van der Waals surface area contributed by atoms with Gasteiger partial charge in [0.1, 0.15) is 0 Å². The minimum absolute atomic E-state index is 0.385. The van der Waals surface area contributed by atoms with Gasteiger partial charge in [-0.2, -0.15) is 0 Å². The van der Waals surface area contributed by atoms with Gasteiger partial charge in [-0.1, -0.05) is 40.2 Å². The Morgan fingerprint density at radius 3 is 2.57 bits per heavy atom. The van der Waals surface area contributed by atoms with Crippen molar-refractivity contribution in [1.29, 1.82) is 0 Å². The van der Waals surface area contributed by atoms with E-state index in [9.17, 15) is 9.59 Å². The lowest BCUT2D eigenvalue weighted by Gasteiger charge is -2.03. The van der Waals surface area contributed by atoms with E-state index < -0.39 is 11.8 Å². The van der Waals surface area contributed by atoms with Gasteiger partial charge in [-0.05, 0) is 5.56 Å². The van der Waals surface area contributed by atoms with Gasteiger partial charge in [0.25, 0.3) is 5.78 Å². The SMILES string of the molecule is COC(=O)C(=O)c1ccccc1CBr. The summed E-state index contributed by atoms with van der Waals surface area (Å²) in [5.74, 6) is -1.44. The topological polar surface area (TPSA) is 43.4 Å². The van der Waals surface area contributed by atoms with Crippen molar-refractivity contribution in [2.45, 2.75) is 5.33 Å². The van der Waals surface area contributed by atoms with Crippen LogP contribution in [0.15, 0.2) is 24.3 Å². The predicted octanol–water partition coefficient (Wildman–Crippen LogP) is 1.94. The largest absolute Gasteiger partial charge is 0.463 e. The standard InChI is InChI=1S/C10H9BrO3/c1-14-10(13)9(12)8-5-3-2-4-7(8)6-11/h2-5H,6H2,1H3. The number of esters is 1. The Labute approximate surface area is 90.2 Å². The van der Waals surface area contributed by atoms with Crippen molar-refractivity contribution >= 4 is 27.7 Å². The lowest BCUT2D eigenvalue weighted by atomic mass is 10.1. The van der Waals surface area contributed by atoms with Gasteiger partial charge in [-0.25, -0.2) is 4.79 Å². The molecule has 3 nitrogen and oxygen atoms in total. The Balaban J connectivity index is 3.06. The lowest BCUT2D eigenvalue weighted by molar-refractivity contribution is -0.135. The second-order valence-corrected chi connectivity index (χ2v) is 3.17. The Hall–Kier alpha value is -1.16. The van der Waals surface area contributed by atoms with Gasteiger partial charge in [-0.15, -0.1) is 0 Å². The number of Topliss-reactive ketones (excluding diaryl/α,β-unsaturated/α-hetero) is 1. The van der Waals surface area contributed by atoms with Gasteiger partial charge in [0.15, 0.2) is 0 Å². The lowest BCUT2D eigenvalue weighted by Crippen LogP contribution is -2.17. The Bertz CT molecular complexity index is 360. The number of alkyl halides is 1. The first-order chi connectivity index (χ1) is 6.70. The van der Waals surface area contributed by atoms with E-state index in [0.29, 0.717) is 10.9 Å². The van der Waals surface area contributed by atoms with Crippen molar-refractivity contribution in [2.24, 2.45) is 0 Å². The van der Waals surface area contributed by atoms with Crippen LogP contribution in [-0.2, 0) is 14.9 Å². The second kappa shape index (κ2) is 4.91. The molecule has 0 atom stereocenters. The van der Waals surface area contributed by atoms with E-state index in [4.69, 9.17) is 0 Å². The fourth-order valence-electron chi connectivity index (χ4n) is 1.06. The van der Waals surface area contributed by atoms with E-state index in [1.807, 2.05) is 6.07 Å². The molecular formula is C10H9BrO3. The highest BCUT2D eigenvalue weighted by molar-refractivity contribution is 9.08. The predicted molar refractivity (Wildman–Crippen MR) is 55.4 cm³/mol. The molecule has 0 aromatic heterocycles. The minimum Gasteiger partial charge on any atom is -0.463 e. The third kappa shape index (κ3) is 2.20. The van der Waals surface area contributed by atoms with Crippen LogP contribution in [0, 0.1) is 0 Å². The monoisotopic (exact) mass is 256 g/mol. The van der Waals surface area contributed by atoms with Crippen molar-refractivity contribution in [3.05, 3.63) is 35.4 Å². The molecule has 4 heteroatoms. The fourth-order valence-corrected chi connectivity index (χ4v) is 1.55. The first kappa shape index (κ1) is 10.9. The third-order valence-electron chi connectivity index (χ3n) is 1.78. The summed E-state index contributed by atoms with van der Waals surface area (Å²) >= 11 is 3.24. The third-order valence-corrected chi connectivity index (χ3v) is 2.38.